The summed E-state index contributed by atoms with van der Waals surface area (Å²) >= 11 is 0. The van der Waals surface area contributed by atoms with Gasteiger partial charge in [0.25, 0.3) is 0 Å². The molecule has 0 aliphatic carbocycles. The monoisotopic (exact) mass is 339 g/mol. The molecule has 1 unspecified atom stereocenters. The van der Waals surface area contributed by atoms with Crippen LogP contribution < -0.4 is 4.74 Å². The quantitative estimate of drug-likeness (QED) is 0.826. The van der Waals surface area contributed by atoms with Crippen molar-refractivity contribution in [2.24, 2.45) is 0 Å². The first-order valence-electron chi connectivity index (χ1n) is 7.93. The molecule has 3 rings (SSSR count). The van der Waals surface area contributed by atoms with Crippen LogP contribution in [0.1, 0.15) is 43.7 Å². The maximum atomic E-state index is 12.7. The third-order valence-corrected chi connectivity index (χ3v) is 6.25. The number of amides is 1. The Bertz CT molecular complexity index is 626. The van der Waals surface area contributed by atoms with Gasteiger partial charge in [-0.2, -0.15) is 0 Å². The van der Waals surface area contributed by atoms with Crippen molar-refractivity contribution >= 4 is 13.5 Å². The number of piperidine rings is 2. The predicted octanol–water partition coefficient (Wildman–Crippen LogP) is 2.46. The summed E-state index contributed by atoms with van der Waals surface area (Å²) in [5.74, 6) is 0.356. The maximum absolute atomic E-state index is 12.7. The minimum atomic E-state index is -4.40. The van der Waals surface area contributed by atoms with Crippen molar-refractivity contribution < 1.29 is 23.9 Å². The molecular weight excluding hydrogens is 317 g/mol. The van der Waals surface area contributed by atoms with E-state index in [1.54, 1.807) is 12.0 Å². The van der Waals surface area contributed by atoms with Crippen LogP contribution >= 0.6 is 7.60 Å². The molecule has 2 saturated heterocycles. The van der Waals surface area contributed by atoms with Gasteiger partial charge >= 0.3 is 7.60 Å². The van der Waals surface area contributed by atoms with Crippen LogP contribution in [0, 0.1) is 0 Å². The molecule has 1 aromatic carbocycles. The highest BCUT2D eigenvalue weighted by Crippen LogP contribution is 2.50. The van der Waals surface area contributed by atoms with Crippen LogP contribution in [-0.2, 0) is 9.36 Å². The summed E-state index contributed by atoms with van der Waals surface area (Å²) in [6, 6.07) is 7.55. The lowest BCUT2D eigenvalue weighted by molar-refractivity contribution is -0.142. The lowest BCUT2D eigenvalue weighted by Gasteiger charge is -2.47. The van der Waals surface area contributed by atoms with Gasteiger partial charge in [0.15, 0.2) is 0 Å². The highest BCUT2D eigenvalue weighted by molar-refractivity contribution is 7.53. The number of methoxy groups -OCH3 is 1. The molecule has 0 aromatic heterocycles. The van der Waals surface area contributed by atoms with E-state index in [2.05, 4.69) is 0 Å². The molecule has 7 heteroatoms. The lowest BCUT2D eigenvalue weighted by atomic mass is 9.85. The highest BCUT2D eigenvalue weighted by atomic mass is 31.2. The molecule has 1 aromatic rings. The zero-order chi connectivity index (χ0) is 16.6. The van der Waals surface area contributed by atoms with Gasteiger partial charge in [0.1, 0.15) is 11.4 Å². The van der Waals surface area contributed by atoms with Crippen molar-refractivity contribution in [2.75, 3.05) is 7.11 Å². The molecule has 2 N–H and O–H groups in total. The van der Waals surface area contributed by atoms with E-state index in [4.69, 9.17) is 4.74 Å². The van der Waals surface area contributed by atoms with Gasteiger partial charge < -0.3 is 19.4 Å². The van der Waals surface area contributed by atoms with Crippen LogP contribution in [-0.4, -0.2) is 39.4 Å². The van der Waals surface area contributed by atoms with Gasteiger partial charge in [-0.1, -0.05) is 12.1 Å². The molecule has 2 heterocycles. The molecule has 126 valence electrons. The molecule has 2 aliphatic heterocycles. The highest BCUT2D eigenvalue weighted by Gasteiger charge is 2.47. The topological polar surface area (TPSA) is 87.1 Å². The molecule has 6 nitrogen and oxygen atoms in total. The molecule has 0 bridgehead atoms. The molecular formula is C16H22NO5P. The Kier molecular flexibility index (Phi) is 4.50. The fourth-order valence-corrected chi connectivity index (χ4v) is 4.71. The SMILES string of the molecule is COc1ccc([C@@H]2CCC[C@@H]3CCC(P(=O)(O)O)C(=O)N32)cc1. The fraction of sp³-hybridized carbons (Fsp3) is 0.562. The summed E-state index contributed by atoms with van der Waals surface area (Å²) < 4.78 is 16.8. The Hall–Kier alpha value is -1.36. The minimum Gasteiger partial charge on any atom is -0.497 e. The number of benzene rings is 1. The van der Waals surface area contributed by atoms with E-state index in [0.29, 0.717) is 6.42 Å². The van der Waals surface area contributed by atoms with E-state index in [1.165, 1.54) is 0 Å². The number of hydrogen-bond acceptors (Lipinski definition) is 3. The second-order valence-corrected chi connectivity index (χ2v) is 8.10. The number of rotatable bonds is 3. The Morgan fingerprint density at radius 1 is 1.13 bits per heavy atom. The van der Waals surface area contributed by atoms with Crippen LogP contribution in [0.5, 0.6) is 5.75 Å². The minimum absolute atomic E-state index is 0.0890. The fourth-order valence-electron chi connectivity index (χ4n) is 3.81. The normalized spacial score (nSPS) is 28.4. The molecule has 2 aliphatic rings. The zero-order valence-corrected chi connectivity index (χ0v) is 14.0. The number of hydrogen-bond donors (Lipinski definition) is 2. The van der Waals surface area contributed by atoms with Gasteiger partial charge in [0.2, 0.25) is 5.91 Å². The van der Waals surface area contributed by atoms with Crippen LogP contribution in [0.3, 0.4) is 0 Å². The molecule has 0 radical (unpaired) electrons. The first kappa shape index (κ1) is 16.5. The van der Waals surface area contributed by atoms with Crippen molar-refractivity contribution in [3.63, 3.8) is 0 Å². The molecule has 23 heavy (non-hydrogen) atoms. The van der Waals surface area contributed by atoms with Crippen LogP contribution in [0.25, 0.3) is 0 Å². The largest absolute Gasteiger partial charge is 0.497 e. The van der Waals surface area contributed by atoms with Gasteiger partial charge in [-0.05, 0) is 49.8 Å². The smallest absolute Gasteiger partial charge is 0.337 e. The molecule has 1 amide bonds. The predicted molar refractivity (Wildman–Crippen MR) is 85.3 cm³/mol. The van der Waals surface area contributed by atoms with E-state index < -0.39 is 19.2 Å². The van der Waals surface area contributed by atoms with Gasteiger partial charge in [0, 0.05) is 6.04 Å². The zero-order valence-electron chi connectivity index (χ0n) is 13.1. The number of carbonyl (C=O) groups is 1. The number of fused-ring (bicyclic) bond motifs is 1. The summed E-state index contributed by atoms with van der Waals surface area (Å²) in [6.07, 6.45) is 3.69. The summed E-state index contributed by atoms with van der Waals surface area (Å²) in [4.78, 5) is 33.4. The second kappa shape index (κ2) is 6.27. The third-order valence-electron chi connectivity index (χ3n) is 4.96. The van der Waals surface area contributed by atoms with Crippen molar-refractivity contribution in [1.82, 2.24) is 4.90 Å². The van der Waals surface area contributed by atoms with Crippen LogP contribution in [0.4, 0.5) is 0 Å². The number of nitrogens with zero attached hydrogens (tertiary/aromatic N) is 1. The molecule has 3 atom stereocenters. The summed E-state index contributed by atoms with van der Waals surface area (Å²) in [6.45, 7) is 0. The number of carbonyl (C=O) groups excluding carboxylic acids is 1. The van der Waals surface area contributed by atoms with Crippen LogP contribution in [0.15, 0.2) is 24.3 Å². The van der Waals surface area contributed by atoms with Crippen LogP contribution in [0.2, 0.25) is 0 Å². The molecule has 0 saturated carbocycles. The molecule has 0 spiro atoms. The Morgan fingerprint density at radius 3 is 2.43 bits per heavy atom. The summed E-state index contributed by atoms with van der Waals surface area (Å²) in [5.41, 5.74) is -0.187. The van der Waals surface area contributed by atoms with Gasteiger partial charge in [0.05, 0.1) is 13.2 Å². The molecule has 2 fully saturated rings. The standard InChI is InChI=1S/C16H22NO5P/c1-22-13-8-5-11(6-9-13)14-4-2-3-12-7-10-15(23(19,20)21)16(18)17(12)14/h5-6,8-9,12,14-15H,2-4,7,10H2,1H3,(H2,19,20,21)/t12-,14+,15?/m1/s1. The van der Waals surface area contributed by atoms with Crippen molar-refractivity contribution in [3.05, 3.63) is 29.8 Å². The lowest BCUT2D eigenvalue weighted by Crippen LogP contribution is -2.53. The number of ether oxygens (including phenoxy) is 1. The first-order valence-corrected chi connectivity index (χ1v) is 9.61. The van der Waals surface area contributed by atoms with E-state index >= 15 is 0 Å². The average molecular weight is 339 g/mol. The third kappa shape index (κ3) is 3.16. The summed E-state index contributed by atoms with van der Waals surface area (Å²) in [7, 11) is -2.80. The van der Waals surface area contributed by atoms with Gasteiger partial charge in [-0.15, -0.1) is 0 Å². The Balaban J connectivity index is 1.90. The second-order valence-electron chi connectivity index (χ2n) is 6.30. The first-order chi connectivity index (χ1) is 10.9. The van der Waals surface area contributed by atoms with E-state index in [9.17, 15) is 19.1 Å². The van der Waals surface area contributed by atoms with Crippen molar-refractivity contribution in [1.29, 1.82) is 0 Å². The van der Waals surface area contributed by atoms with Crippen molar-refractivity contribution in [3.8, 4) is 5.75 Å². The average Bonchev–Trinajstić information content (AvgIpc) is 2.53. The van der Waals surface area contributed by atoms with Crippen molar-refractivity contribution in [2.45, 2.75) is 49.8 Å². The van der Waals surface area contributed by atoms with Gasteiger partial charge in [-0.3, -0.25) is 9.36 Å². The Morgan fingerprint density at radius 2 is 1.83 bits per heavy atom. The Labute approximate surface area is 135 Å². The van der Waals surface area contributed by atoms with Gasteiger partial charge in [-0.25, -0.2) is 0 Å². The van der Waals surface area contributed by atoms with E-state index in [1.807, 2.05) is 24.3 Å². The van der Waals surface area contributed by atoms with E-state index in [0.717, 1.165) is 30.6 Å². The summed E-state index contributed by atoms with van der Waals surface area (Å²) in [5, 5.41) is 0. The van der Waals surface area contributed by atoms with E-state index in [-0.39, 0.29) is 18.5 Å². The maximum Gasteiger partial charge on any atom is 0.337 e.